The van der Waals surface area contributed by atoms with Gasteiger partial charge in [0, 0.05) is 32.9 Å². The molecule has 1 amide bonds. The van der Waals surface area contributed by atoms with E-state index in [4.69, 9.17) is 9.47 Å². The number of methoxy groups -OCH3 is 1. The van der Waals surface area contributed by atoms with Gasteiger partial charge < -0.3 is 20.1 Å². The van der Waals surface area contributed by atoms with Crippen LogP contribution in [0.5, 0.6) is 5.75 Å². The lowest BCUT2D eigenvalue weighted by atomic mass is 10.3. The van der Waals surface area contributed by atoms with Gasteiger partial charge in [-0.3, -0.25) is 4.79 Å². The van der Waals surface area contributed by atoms with E-state index in [0.717, 1.165) is 6.54 Å². The van der Waals surface area contributed by atoms with E-state index >= 15 is 0 Å². The predicted octanol–water partition coefficient (Wildman–Crippen LogP) is 1.29. The second-order valence-corrected chi connectivity index (χ2v) is 3.78. The Morgan fingerprint density at radius 2 is 2.05 bits per heavy atom. The zero-order valence-corrected chi connectivity index (χ0v) is 13.9. The predicted molar refractivity (Wildman–Crippen MR) is 87.0 cm³/mol. The minimum atomic E-state index is -0.224. The first-order valence-corrected chi connectivity index (χ1v) is 6.35. The second-order valence-electron chi connectivity index (χ2n) is 3.78. The summed E-state index contributed by atoms with van der Waals surface area (Å²) < 4.78 is 10.3. The lowest BCUT2D eigenvalue weighted by Gasteiger charge is -2.09. The topological polar surface area (TPSA) is 72.5 Å². The van der Waals surface area contributed by atoms with Crippen molar-refractivity contribution in [2.75, 3.05) is 40.0 Å². The van der Waals surface area contributed by atoms with Crippen molar-refractivity contribution in [2.24, 2.45) is 0 Å². The van der Waals surface area contributed by atoms with Gasteiger partial charge in [-0.2, -0.15) is 0 Å². The highest BCUT2D eigenvalue weighted by Crippen LogP contribution is 2.14. The third-order valence-electron chi connectivity index (χ3n) is 2.36. The summed E-state index contributed by atoms with van der Waals surface area (Å²) in [4.78, 5) is 16.0. The normalized spacial score (nSPS) is 9.24. The van der Waals surface area contributed by atoms with Gasteiger partial charge in [0.25, 0.3) is 5.91 Å². The summed E-state index contributed by atoms with van der Waals surface area (Å²) in [5.41, 5.74) is 0.321. The van der Waals surface area contributed by atoms with E-state index in [9.17, 15) is 4.79 Å². The summed E-state index contributed by atoms with van der Waals surface area (Å²) in [6.07, 6.45) is 1.58. The van der Waals surface area contributed by atoms with Gasteiger partial charge in [-0.1, -0.05) is 0 Å². The van der Waals surface area contributed by atoms with Gasteiger partial charge in [0.1, 0.15) is 0 Å². The highest BCUT2D eigenvalue weighted by Gasteiger charge is 2.12. The molecule has 21 heavy (non-hydrogen) atoms. The van der Waals surface area contributed by atoms with Gasteiger partial charge in [-0.25, -0.2) is 4.98 Å². The summed E-state index contributed by atoms with van der Waals surface area (Å²) in [6.45, 7) is 5.01. The number of hydrogen-bond acceptors (Lipinski definition) is 5. The van der Waals surface area contributed by atoms with Crippen LogP contribution >= 0.6 is 24.8 Å². The Morgan fingerprint density at radius 1 is 1.29 bits per heavy atom. The molecule has 0 radical (unpaired) electrons. The van der Waals surface area contributed by atoms with Crippen molar-refractivity contribution >= 4 is 30.7 Å². The molecule has 0 atom stereocenters. The molecule has 1 aromatic heterocycles. The zero-order valence-electron chi connectivity index (χ0n) is 12.3. The number of nitrogens with one attached hydrogen (secondary N) is 2. The fraction of sp³-hybridized carbons (Fsp3) is 0.538. The van der Waals surface area contributed by atoms with Crippen LogP contribution in [-0.2, 0) is 4.74 Å². The van der Waals surface area contributed by atoms with E-state index in [1.807, 2.05) is 6.92 Å². The monoisotopic (exact) mass is 339 g/mol. The quantitative estimate of drug-likeness (QED) is 0.663. The van der Waals surface area contributed by atoms with Crippen LogP contribution in [0.4, 0.5) is 0 Å². The molecule has 2 N–H and O–H groups in total. The molecule has 0 saturated carbocycles. The Balaban J connectivity index is 0. The van der Waals surface area contributed by atoms with Crippen molar-refractivity contribution in [3.63, 3.8) is 0 Å². The molecule has 8 heteroatoms. The number of pyridine rings is 1. The summed E-state index contributed by atoms with van der Waals surface area (Å²) in [6, 6.07) is 3.48. The zero-order chi connectivity index (χ0) is 13.9. The van der Waals surface area contributed by atoms with E-state index in [1.165, 1.54) is 0 Å². The summed E-state index contributed by atoms with van der Waals surface area (Å²) in [7, 11) is 1.65. The van der Waals surface area contributed by atoms with Crippen molar-refractivity contribution in [2.45, 2.75) is 6.92 Å². The first-order chi connectivity index (χ1) is 9.29. The average Bonchev–Trinajstić information content (AvgIpc) is 2.43. The molecular weight excluding hydrogens is 317 g/mol. The fourth-order valence-electron chi connectivity index (χ4n) is 1.48. The van der Waals surface area contributed by atoms with E-state index in [0.29, 0.717) is 37.7 Å². The summed E-state index contributed by atoms with van der Waals surface area (Å²) >= 11 is 0. The van der Waals surface area contributed by atoms with Gasteiger partial charge in [-0.15, -0.1) is 24.8 Å². The molecule has 0 aromatic carbocycles. The first kappa shape index (κ1) is 22.2. The van der Waals surface area contributed by atoms with Gasteiger partial charge in [0.05, 0.1) is 13.2 Å². The number of aromatic nitrogens is 1. The Hall–Kier alpha value is -1.08. The van der Waals surface area contributed by atoms with E-state index in [1.54, 1.807) is 25.4 Å². The molecule has 0 spiro atoms. The molecule has 1 rings (SSSR count). The minimum Gasteiger partial charge on any atom is -0.491 e. The van der Waals surface area contributed by atoms with Crippen molar-refractivity contribution in [3.05, 3.63) is 24.0 Å². The number of amides is 1. The maximum absolute atomic E-state index is 11.9. The standard InChI is InChI=1S/C13H21N3O3.2ClH/c1-3-19-11-5-4-6-15-12(11)13(17)16-8-7-14-9-10-18-2;;/h4-6,14H,3,7-10H2,1-2H3,(H,16,17);2*1H. The van der Waals surface area contributed by atoms with Crippen molar-refractivity contribution in [3.8, 4) is 5.75 Å². The van der Waals surface area contributed by atoms with Crippen LogP contribution in [-0.4, -0.2) is 50.8 Å². The second kappa shape index (κ2) is 13.9. The number of ether oxygens (including phenoxy) is 2. The molecule has 0 unspecified atom stereocenters. The molecule has 0 bridgehead atoms. The molecule has 0 aliphatic heterocycles. The first-order valence-electron chi connectivity index (χ1n) is 6.35. The van der Waals surface area contributed by atoms with Gasteiger partial charge in [0.2, 0.25) is 0 Å². The maximum atomic E-state index is 11.9. The maximum Gasteiger partial charge on any atom is 0.273 e. The molecule has 122 valence electrons. The third kappa shape index (κ3) is 8.72. The van der Waals surface area contributed by atoms with Crippen molar-refractivity contribution < 1.29 is 14.3 Å². The van der Waals surface area contributed by atoms with Crippen LogP contribution in [0.25, 0.3) is 0 Å². The largest absolute Gasteiger partial charge is 0.491 e. The van der Waals surface area contributed by atoms with Crippen LogP contribution in [0.15, 0.2) is 18.3 Å². The van der Waals surface area contributed by atoms with Crippen LogP contribution in [0.3, 0.4) is 0 Å². The molecule has 1 heterocycles. The Kier molecular flexibility index (Phi) is 14.7. The van der Waals surface area contributed by atoms with E-state index in [-0.39, 0.29) is 30.7 Å². The van der Waals surface area contributed by atoms with E-state index in [2.05, 4.69) is 15.6 Å². The van der Waals surface area contributed by atoms with Crippen molar-refractivity contribution in [1.29, 1.82) is 0 Å². The molecule has 1 aromatic rings. The Labute approximate surface area is 137 Å². The SMILES string of the molecule is CCOc1cccnc1C(=O)NCCNCCOC.Cl.Cl. The van der Waals surface area contributed by atoms with E-state index < -0.39 is 0 Å². The fourth-order valence-corrected chi connectivity index (χ4v) is 1.48. The van der Waals surface area contributed by atoms with Gasteiger partial charge >= 0.3 is 0 Å². The van der Waals surface area contributed by atoms with Crippen LogP contribution < -0.4 is 15.4 Å². The van der Waals surface area contributed by atoms with Crippen LogP contribution in [0.2, 0.25) is 0 Å². The lowest BCUT2D eigenvalue weighted by molar-refractivity contribution is 0.0944. The molecular formula is C13H23Cl2N3O3. The third-order valence-corrected chi connectivity index (χ3v) is 2.36. The number of halogens is 2. The average molecular weight is 340 g/mol. The number of carbonyl (C=O) groups excluding carboxylic acids is 1. The smallest absolute Gasteiger partial charge is 0.273 e. The molecule has 0 saturated heterocycles. The Morgan fingerprint density at radius 3 is 2.71 bits per heavy atom. The summed E-state index contributed by atoms with van der Waals surface area (Å²) in [5.74, 6) is 0.285. The van der Waals surface area contributed by atoms with Gasteiger partial charge in [-0.05, 0) is 19.1 Å². The summed E-state index contributed by atoms with van der Waals surface area (Å²) in [5, 5.41) is 5.93. The van der Waals surface area contributed by atoms with Crippen molar-refractivity contribution in [1.82, 2.24) is 15.6 Å². The van der Waals surface area contributed by atoms with Crippen LogP contribution in [0, 0.1) is 0 Å². The minimum absolute atomic E-state index is 0. The lowest BCUT2D eigenvalue weighted by Crippen LogP contribution is -2.33. The molecule has 0 aliphatic rings. The highest BCUT2D eigenvalue weighted by molar-refractivity contribution is 5.94. The number of rotatable bonds is 9. The number of carbonyl (C=O) groups is 1. The number of nitrogens with zero attached hydrogens (tertiary/aromatic N) is 1. The molecule has 0 aliphatic carbocycles. The number of hydrogen-bond donors (Lipinski definition) is 2. The van der Waals surface area contributed by atoms with Gasteiger partial charge in [0.15, 0.2) is 11.4 Å². The molecule has 6 nitrogen and oxygen atoms in total. The Bertz CT molecular complexity index is 395. The van der Waals surface area contributed by atoms with Crippen LogP contribution in [0.1, 0.15) is 17.4 Å². The highest BCUT2D eigenvalue weighted by atomic mass is 35.5. The molecule has 0 fully saturated rings.